The molecule has 1 aromatic heterocycles. The third-order valence-corrected chi connectivity index (χ3v) is 5.08. The second-order valence-corrected chi connectivity index (χ2v) is 6.62. The molecule has 3 nitrogen and oxygen atoms in total. The van der Waals surface area contributed by atoms with Gasteiger partial charge in [-0.2, -0.15) is 0 Å². The molecule has 0 saturated carbocycles. The Morgan fingerprint density at radius 3 is 2.54 bits per heavy atom. The Balaban J connectivity index is 0.00000169. The number of nitrogens with zero attached hydrogens (tertiary/aromatic N) is 1. The highest BCUT2D eigenvalue weighted by Crippen LogP contribution is 2.32. The molecule has 0 unspecified atom stereocenters. The van der Waals surface area contributed by atoms with Gasteiger partial charge in [0.25, 0.3) is 0 Å². The molecule has 1 N–H and O–H groups in total. The molecular weight excluding hydrogens is 320 g/mol. The quantitative estimate of drug-likeness (QED) is 0.770. The van der Waals surface area contributed by atoms with Crippen molar-refractivity contribution in [3.8, 4) is 0 Å². The van der Waals surface area contributed by atoms with E-state index in [1.54, 1.807) is 0 Å². The molecule has 1 saturated heterocycles. The van der Waals surface area contributed by atoms with E-state index in [0.717, 1.165) is 39.3 Å². The lowest BCUT2D eigenvalue weighted by atomic mass is 9.99. The van der Waals surface area contributed by atoms with E-state index in [-0.39, 0.29) is 12.4 Å². The SMILES string of the molecule is Cc1ccc(C)c2c1[nH]c1cccc(CCN3CCOCC3)c12.Cl. The highest BCUT2D eigenvalue weighted by atomic mass is 35.5. The van der Waals surface area contributed by atoms with Crippen molar-refractivity contribution in [2.75, 3.05) is 32.8 Å². The van der Waals surface area contributed by atoms with Crippen LogP contribution in [0.25, 0.3) is 21.8 Å². The van der Waals surface area contributed by atoms with E-state index in [2.05, 4.69) is 54.1 Å². The molecule has 24 heavy (non-hydrogen) atoms. The standard InChI is InChI=1S/C20H24N2O.ClH/c1-14-6-7-15(2)20-18(14)19-16(4-3-5-17(19)21-20)8-9-22-10-12-23-13-11-22;/h3-7,21H,8-13H2,1-2H3;1H. The van der Waals surface area contributed by atoms with E-state index < -0.39 is 0 Å². The number of benzene rings is 2. The van der Waals surface area contributed by atoms with Gasteiger partial charge in [-0.3, -0.25) is 4.90 Å². The van der Waals surface area contributed by atoms with E-state index in [4.69, 9.17) is 4.74 Å². The number of aromatic amines is 1. The molecule has 3 aromatic rings. The predicted molar refractivity (Wildman–Crippen MR) is 103 cm³/mol. The Kier molecular flexibility index (Phi) is 5.14. The van der Waals surface area contributed by atoms with Crippen molar-refractivity contribution in [1.29, 1.82) is 0 Å². The Morgan fingerprint density at radius 1 is 1.00 bits per heavy atom. The second-order valence-electron chi connectivity index (χ2n) is 6.62. The van der Waals surface area contributed by atoms with Gasteiger partial charge in [-0.15, -0.1) is 12.4 Å². The van der Waals surface area contributed by atoms with E-state index in [1.807, 2.05) is 0 Å². The number of aromatic nitrogens is 1. The molecule has 1 aliphatic rings. The van der Waals surface area contributed by atoms with Crippen LogP contribution in [0.5, 0.6) is 0 Å². The van der Waals surface area contributed by atoms with E-state index in [0.29, 0.717) is 0 Å². The Labute approximate surface area is 149 Å². The average Bonchev–Trinajstić information content (AvgIpc) is 2.99. The minimum Gasteiger partial charge on any atom is -0.379 e. The van der Waals surface area contributed by atoms with Crippen LogP contribution < -0.4 is 0 Å². The van der Waals surface area contributed by atoms with Crippen molar-refractivity contribution in [2.24, 2.45) is 0 Å². The summed E-state index contributed by atoms with van der Waals surface area (Å²) in [5, 5.41) is 2.81. The summed E-state index contributed by atoms with van der Waals surface area (Å²) in [6.07, 6.45) is 1.09. The number of hydrogen-bond donors (Lipinski definition) is 1. The van der Waals surface area contributed by atoms with Crippen molar-refractivity contribution < 1.29 is 4.74 Å². The van der Waals surface area contributed by atoms with Gasteiger partial charge in [-0.1, -0.05) is 24.3 Å². The monoisotopic (exact) mass is 344 g/mol. The van der Waals surface area contributed by atoms with Crippen molar-refractivity contribution in [1.82, 2.24) is 9.88 Å². The highest BCUT2D eigenvalue weighted by molar-refractivity contribution is 6.11. The lowest BCUT2D eigenvalue weighted by Gasteiger charge is -2.26. The summed E-state index contributed by atoms with van der Waals surface area (Å²) in [6.45, 7) is 9.37. The number of rotatable bonds is 3. The Hall–Kier alpha value is -1.55. The zero-order chi connectivity index (χ0) is 15.8. The van der Waals surface area contributed by atoms with Crippen LogP contribution in [-0.2, 0) is 11.2 Å². The molecule has 1 fully saturated rings. The molecule has 2 aromatic carbocycles. The van der Waals surface area contributed by atoms with E-state index in [9.17, 15) is 0 Å². The van der Waals surface area contributed by atoms with Crippen LogP contribution in [0.1, 0.15) is 16.7 Å². The first-order valence-corrected chi connectivity index (χ1v) is 8.53. The lowest BCUT2D eigenvalue weighted by molar-refractivity contribution is 0.0385. The van der Waals surface area contributed by atoms with Crippen molar-refractivity contribution in [3.05, 3.63) is 47.0 Å². The minimum absolute atomic E-state index is 0. The predicted octanol–water partition coefficient (Wildman–Crippen LogP) is 4.23. The molecular formula is C20H25ClN2O. The van der Waals surface area contributed by atoms with Gasteiger partial charge in [0.1, 0.15) is 0 Å². The first kappa shape index (κ1) is 17.3. The van der Waals surface area contributed by atoms with Crippen LogP contribution in [0.2, 0.25) is 0 Å². The minimum atomic E-state index is 0. The Morgan fingerprint density at radius 2 is 1.75 bits per heavy atom. The summed E-state index contributed by atoms with van der Waals surface area (Å²) in [4.78, 5) is 6.14. The van der Waals surface area contributed by atoms with Gasteiger partial charge in [-0.25, -0.2) is 0 Å². The summed E-state index contributed by atoms with van der Waals surface area (Å²) < 4.78 is 5.45. The van der Waals surface area contributed by atoms with Crippen molar-refractivity contribution in [3.63, 3.8) is 0 Å². The molecule has 0 radical (unpaired) electrons. The fraction of sp³-hybridized carbons (Fsp3) is 0.400. The molecule has 128 valence electrons. The van der Waals surface area contributed by atoms with E-state index >= 15 is 0 Å². The van der Waals surface area contributed by atoms with Gasteiger partial charge in [0.05, 0.1) is 13.2 Å². The van der Waals surface area contributed by atoms with Gasteiger partial charge in [0, 0.05) is 41.4 Å². The van der Waals surface area contributed by atoms with Crippen LogP contribution in [0.15, 0.2) is 30.3 Å². The summed E-state index contributed by atoms with van der Waals surface area (Å²) in [5.41, 5.74) is 6.68. The van der Waals surface area contributed by atoms with Crippen molar-refractivity contribution in [2.45, 2.75) is 20.3 Å². The number of halogens is 1. The topological polar surface area (TPSA) is 28.3 Å². The summed E-state index contributed by atoms with van der Waals surface area (Å²) in [6, 6.07) is 11.1. The number of fused-ring (bicyclic) bond motifs is 3. The first-order chi connectivity index (χ1) is 11.2. The van der Waals surface area contributed by atoms with Gasteiger partial charge in [0.2, 0.25) is 0 Å². The Bertz CT molecular complexity index is 850. The number of morpholine rings is 1. The number of H-pyrrole nitrogens is 1. The zero-order valence-corrected chi connectivity index (χ0v) is 15.2. The number of ether oxygens (including phenoxy) is 1. The average molecular weight is 345 g/mol. The summed E-state index contributed by atoms with van der Waals surface area (Å²) >= 11 is 0. The van der Waals surface area contributed by atoms with Crippen LogP contribution in [-0.4, -0.2) is 42.7 Å². The fourth-order valence-electron chi connectivity index (χ4n) is 3.74. The molecule has 0 amide bonds. The highest BCUT2D eigenvalue weighted by Gasteiger charge is 2.14. The smallest absolute Gasteiger partial charge is 0.0594 e. The van der Waals surface area contributed by atoms with Crippen LogP contribution in [0.4, 0.5) is 0 Å². The first-order valence-electron chi connectivity index (χ1n) is 8.53. The molecule has 0 bridgehead atoms. The number of nitrogens with one attached hydrogen (secondary N) is 1. The van der Waals surface area contributed by atoms with Gasteiger partial charge in [-0.05, 0) is 43.0 Å². The van der Waals surface area contributed by atoms with Crippen LogP contribution >= 0.6 is 12.4 Å². The third-order valence-electron chi connectivity index (χ3n) is 5.08. The maximum Gasteiger partial charge on any atom is 0.0594 e. The summed E-state index contributed by atoms with van der Waals surface area (Å²) in [7, 11) is 0. The molecule has 2 heterocycles. The largest absolute Gasteiger partial charge is 0.379 e. The third kappa shape index (κ3) is 3.04. The van der Waals surface area contributed by atoms with Crippen LogP contribution in [0, 0.1) is 13.8 Å². The number of hydrogen-bond acceptors (Lipinski definition) is 2. The zero-order valence-electron chi connectivity index (χ0n) is 14.4. The summed E-state index contributed by atoms with van der Waals surface area (Å²) in [5.74, 6) is 0. The molecule has 4 heteroatoms. The second kappa shape index (κ2) is 7.14. The number of aryl methyl sites for hydroxylation is 2. The van der Waals surface area contributed by atoms with Gasteiger partial charge >= 0.3 is 0 Å². The maximum absolute atomic E-state index is 5.45. The molecule has 1 aliphatic heterocycles. The molecule has 0 spiro atoms. The normalized spacial score (nSPS) is 15.8. The lowest BCUT2D eigenvalue weighted by Crippen LogP contribution is -2.37. The maximum atomic E-state index is 5.45. The molecule has 0 atom stereocenters. The van der Waals surface area contributed by atoms with Gasteiger partial charge < -0.3 is 9.72 Å². The fourth-order valence-corrected chi connectivity index (χ4v) is 3.74. The molecule has 4 rings (SSSR count). The van der Waals surface area contributed by atoms with Gasteiger partial charge in [0.15, 0.2) is 0 Å². The van der Waals surface area contributed by atoms with E-state index in [1.165, 1.54) is 38.5 Å². The molecule has 0 aliphatic carbocycles. The van der Waals surface area contributed by atoms with Crippen LogP contribution in [0.3, 0.4) is 0 Å². The van der Waals surface area contributed by atoms with Crippen molar-refractivity contribution >= 4 is 34.2 Å².